The molecule has 2 aliphatic rings. The van der Waals surface area contributed by atoms with Crippen molar-refractivity contribution in [1.82, 2.24) is 24.7 Å². The lowest BCUT2D eigenvalue weighted by molar-refractivity contribution is 0.118. The third kappa shape index (κ3) is 2.39. The Balaban J connectivity index is 1.72. The Bertz CT molecular complexity index is 727. The molecular weight excluding hydrogens is 292 g/mol. The van der Waals surface area contributed by atoms with Crippen molar-refractivity contribution in [3.05, 3.63) is 29.1 Å². The molecule has 0 bridgehead atoms. The normalized spacial score (nSPS) is 23.5. The molecule has 0 amide bonds. The van der Waals surface area contributed by atoms with Crippen LogP contribution >= 0.6 is 0 Å². The summed E-state index contributed by atoms with van der Waals surface area (Å²) in [4.78, 5) is 11.4. The topological polar surface area (TPSA) is 69.0 Å². The SMILES string of the molecule is CO[C@@H]1C[C@@H](c2nnc3n2CCC3)N(c2ncc(C)c(C)n2)C1. The van der Waals surface area contributed by atoms with Gasteiger partial charge in [-0.25, -0.2) is 9.97 Å². The Morgan fingerprint density at radius 3 is 2.91 bits per heavy atom. The van der Waals surface area contributed by atoms with Gasteiger partial charge in [0.25, 0.3) is 0 Å². The average Bonchev–Trinajstić information content (AvgIpc) is 3.23. The standard InChI is InChI=1S/C16H22N6O/c1-10-8-17-16(18-11(10)2)22-9-12(23-3)7-13(22)15-20-19-14-5-4-6-21(14)15/h8,12-13H,4-7,9H2,1-3H3/t12-,13+/m1/s1. The molecule has 0 radical (unpaired) electrons. The van der Waals surface area contributed by atoms with Gasteiger partial charge in [0.15, 0.2) is 5.82 Å². The van der Waals surface area contributed by atoms with Gasteiger partial charge in [0.2, 0.25) is 5.95 Å². The largest absolute Gasteiger partial charge is 0.380 e. The fourth-order valence-corrected chi connectivity index (χ4v) is 3.51. The number of fused-ring (bicyclic) bond motifs is 1. The molecule has 2 aromatic heterocycles. The third-order valence-corrected chi connectivity index (χ3v) is 5.00. The molecular formula is C16H22N6O. The van der Waals surface area contributed by atoms with Gasteiger partial charge in [-0.2, -0.15) is 0 Å². The highest BCUT2D eigenvalue weighted by Gasteiger charge is 2.39. The summed E-state index contributed by atoms with van der Waals surface area (Å²) in [6, 6.07) is 0.126. The molecule has 7 nitrogen and oxygen atoms in total. The molecule has 1 saturated heterocycles. The summed E-state index contributed by atoms with van der Waals surface area (Å²) in [5.41, 5.74) is 2.12. The Kier molecular flexibility index (Phi) is 3.52. The van der Waals surface area contributed by atoms with Crippen molar-refractivity contribution in [1.29, 1.82) is 0 Å². The van der Waals surface area contributed by atoms with Gasteiger partial charge in [0.05, 0.1) is 12.1 Å². The summed E-state index contributed by atoms with van der Waals surface area (Å²) in [5.74, 6) is 2.88. The zero-order chi connectivity index (χ0) is 16.0. The fourth-order valence-electron chi connectivity index (χ4n) is 3.51. The van der Waals surface area contributed by atoms with Crippen LogP contribution in [0.25, 0.3) is 0 Å². The van der Waals surface area contributed by atoms with Gasteiger partial charge in [-0.05, 0) is 25.8 Å². The van der Waals surface area contributed by atoms with E-state index in [4.69, 9.17) is 4.74 Å². The molecule has 122 valence electrons. The Morgan fingerprint density at radius 2 is 2.13 bits per heavy atom. The van der Waals surface area contributed by atoms with E-state index in [1.807, 2.05) is 20.0 Å². The molecule has 1 fully saturated rings. The van der Waals surface area contributed by atoms with E-state index in [-0.39, 0.29) is 12.1 Å². The molecule has 4 rings (SSSR count). The summed E-state index contributed by atoms with van der Waals surface area (Å²) in [6.45, 7) is 5.84. The molecule has 2 atom stereocenters. The van der Waals surface area contributed by atoms with Crippen LogP contribution in [0.3, 0.4) is 0 Å². The number of nitrogens with zero attached hydrogens (tertiary/aromatic N) is 6. The van der Waals surface area contributed by atoms with Crippen molar-refractivity contribution < 1.29 is 4.74 Å². The van der Waals surface area contributed by atoms with E-state index in [9.17, 15) is 0 Å². The molecule has 7 heteroatoms. The monoisotopic (exact) mass is 314 g/mol. The van der Waals surface area contributed by atoms with Gasteiger partial charge >= 0.3 is 0 Å². The van der Waals surface area contributed by atoms with E-state index in [2.05, 4.69) is 29.6 Å². The number of hydrogen-bond acceptors (Lipinski definition) is 6. The van der Waals surface area contributed by atoms with E-state index in [1.165, 1.54) is 0 Å². The highest BCUT2D eigenvalue weighted by atomic mass is 16.5. The quantitative estimate of drug-likeness (QED) is 0.857. The maximum atomic E-state index is 5.61. The molecule has 23 heavy (non-hydrogen) atoms. The summed E-state index contributed by atoms with van der Waals surface area (Å²) < 4.78 is 7.87. The van der Waals surface area contributed by atoms with Crippen LogP contribution in [0, 0.1) is 13.8 Å². The van der Waals surface area contributed by atoms with E-state index < -0.39 is 0 Å². The van der Waals surface area contributed by atoms with E-state index in [1.54, 1.807) is 7.11 Å². The minimum absolute atomic E-state index is 0.126. The lowest BCUT2D eigenvalue weighted by Crippen LogP contribution is -2.28. The number of ether oxygens (including phenoxy) is 1. The molecule has 0 spiro atoms. The molecule has 0 saturated carbocycles. The number of hydrogen-bond donors (Lipinski definition) is 0. The maximum absolute atomic E-state index is 5.61. The minimum atomic E-state index is 0.126. The molecule has 0 aliphatic carbocycles. The first-order valence-electron chi connectivity index (χ1n) is 8.19. The Labute approximate surface area is 135 Å². The van der Waals surface area contributed by atoms with Crippen molar-refractivity contribution in [3.8, 4) is 0 Å². The average molecular weight is 314 g/mol. The second-order valence-corrected chi connectivity index (χ2v) is 6.43. The summed E-state index contributed by atoms with van der Waals surface area (Å²) in [7, 11) is 1.76. The van der Waals surface area contributed by atoms with Crippen LogP contribution in [0.4, 0.5) is 5.95 Å². The zero-order valence-corrected chi connectivity index (χ0v) is 13.9. The number of methoxy groups -OCH3 is 1. The minimum Gasteiger partial charge on any atom is -0.380 e. The van der Waals surface area contributed by atoms with Gasteiger partial charge in [0, 0.05) is 44.9 Å². The van der Waals surface area contributed by atoms with Gasteiger partial charge in [-0.1, -0.05) is 0 Å². The number of aryl methyl sites for hydroxylation is 3. The first-order chi connectivity index (χ1) is 11.2. The lowest BCUT2D eigenvalue weighted by Gasteiger charge is -2.24. The molecule has 0 unspecified atom stereocenters. The van der Waals surface area contributed by atoms with Crippen LogP contribution in [-0.4, -0.2) is 44.5 Å². The van der Waals surface area contributed by atoms with E-state index in [0.717, 1.165) is 61.2 Å². The van der Waals surface area contributed by atoms with Gasteiger partial charge in [0.1, 0.15) is 5.82 Å². The van der Waals surface area contributed by atoms with Gasteiger partial charge in [-0.15, -0.1) is 10.2 Å². The summed E-state index contributed by atoms with van der Waals surface area (Å²) >= 11 is 0. The third-order valence-electron chi connectivity index (χ3n) is 5.00. The molecule has 0 aromatic carbocycles. The lowest BCUT2D eigenvalue weighted by atomic mass is 10.2. The van der Waals surface area contributed by atoms with Crippen LogP contribution < -0.4 is 4.90 Å². The molecule has 4 heterocycles. The van der Waals surface area contributed by atoms with Crippen LogP contribution in [0.2, 0.25) is 0 Å². The van der Waals surface area contributed by atoms with E-state index in [0.29, 0.717) is 0 Å². The maximum Gasteiger partial charge on any atom is 0.226 e. The first-order valence-corrected chi connectivity index (χ1v) is 8.19. The van der Waals surface area contributed by atoms with Gasteiger partial charge in [-0.3, -0.25) is 0 Å². The smallest absolute Gasteiger partial charge is 0.226 e. The number of rotatable bonds is 3. The number of aromatic nitrogens is 5. The molecule has 2 aliphatic heterocycles. The van der Waals surface area contributed by atoms with Crippen molar-refractivity contribution in [3.63, 3.8) is 0 Å². The zero-order valence-electron chi connectivity index (χ0n) is 13.9. The van der Waals surface area contributed by atoms with Crippen molar-refractivity contribution in [2.45, 2.75) is 51.8 Å². The van der Waals surface area contributed by atoms with Crippen LogP contribution in [0.15, 0.2) is 6.20 Å². The number of anilines is 1. The van der Waals surface area contributed by atoms with Crippen LogP contribution in [-0.2, 0) is 17.7 Å². The second-order valence-electron chi connectivity index (χ2n) is 6.43. The fraction of sp³-hybridized carbons (Fsp3) is 0.625. The van der Waals surface area contributed by atoms with Crippen LogP contribution in [0.1, 0.15) is 41.8 Å². The summed E-state index contributed by atoms with van der Waals surface area (Å²) in [5, 5.41) is 8.82. The van der Waals surface area contributed by atoms with E-state index >= 15 is 0 Å². The highest BCUT2D eigenvalue weighted by Crippen LogP contribution is 2.36. The first kappa shape index (κ1) is 14.6. The second kappa shape index (κ2) is 5.56. The summed E-state index contributed by atoms with van der Waals surface area (Å²) in [6.07, 6.45) is 5.12. The molecule has 0 N–H and O–H groups in total. The van der Waals surface area contributed by atoms with Crippen LogP contribution in [0.5, 0.6) is 0 Å². The van der Waals surface area contributed by atoms with Crippen molar-refractivity contribution in [2.24, 2.45) is 0 Å². The Hall–Kier alpha value is -2.02. The van der Waals surface area contributed by atoms with Crippen molar-refractivity contribution >= 4 is 5.95 Å². The highest BCUT2D eigenvalue weighted by molar-refractivity contribution is 5.38. The van der Waals surface area contributed by atoms with Gasteiger partial charge < -0.3 is 14.2 Å². The molecule has 2 aromatic rings. The predicted octanol–water partition coefficient (Wildman–Crippen LogP) is 1.60. The predicted molar refractivity (Wildman–Crippen MR) is 85.4 cm³/mol. The van der Waals surface area contributed by atoms with Crippen molar-refractivity contribution in [2.75, 3.05) is 18.6 Å². The Morgan fingerprint density at radius 1 is 1.26 bits per heavy atom.